The first kappa shape index (κ1) is 21.2. The van der Waals surface area contributed by atoms with E-state index in [0.29, 0.717) is 16.0 Å². The van der Waals surface area contributed by atoms with E-state index >= 15 is 0 Å². The Morgan fingerprint density at radius 1 is 1.14 bits per heavy atom. The predicted molar refractivity (Wildman–Crippen MR) is 119 cm³/mol. The van der Waals surface area contributed by atoms with Crippen molar-refractivity contribution in [1.82, 2.24) is 9.55 Å². The third kappa shape index (κ3) is 3.73. The minimum absolute atomic E-state index is 0.0598. The summed E-state index contributed by atoms with van der Waals surface area (Å²) in [5.41, 5.74) is 1.74. The molecule has 0 amide bonds. The third-order valence-corrected chi connectivity index (χ3v) is 6.04. The van der Waals surface area contributed by atoms with Crippen LogP contribution >= 0.6 is 11.3 Å². The lowest BCUT2D eigenvalue weighted by Gasteiger charge is -2.26. The van der Waals surface area contributed by atoms with Gasteiger partial charge in [-0.15, -0.1) is 11.3 Å². The maximum Gasteiger partial charge on any atom is 0.331 e. The molecule has 0 radical (unpaired) electrons. The number of hydrogen-bond acceptors (Lipinski definition) is 5. The van der Waals surface area contributed by atoms with Gasteiger partial charge in [0.05, 0.1) is 12.0 Å². The van der Waals surface area contributed by atoms with Crippen molar-refractivity contribution in [1.29, 1.82) is 0 Å². The van der Waals surface area contributed by atoms with Crippen LogP contribution in [0.4, 0.5) is 0 Å². The summed E-state index contributed by atoms with van der Waals surface area (Å²) in [4.78, 5) is 31.3. The number of thiophene rings is 1. The zero-order valence-electron chi connectivity index (χ0n) is 18.1. The molecule has 3 rings (SSSR count). The summed E-state index contributed by atoms with van der Waals surface area (Å²) in [5, 5.41) is 2.51. The number of ether oxygens (including phenoxy) is 1. The third-order valence-electron chi connectivity index (χ3n) is 5.17. The van der Waals surface area contributed by atoms with Gasteiger partial charge >= 0.3 is 5.97 Å². The summed E-state index contributed by atoms with van der Waals surface area (Å²) >= 11 is 1.44. The Kier molecular flexibility index (Phi) is 5.43. The van der Waals surface area contributed by atoms with Crippen LogP contribution in [0.15, 0.2) is 34.4 Å². The summed E-state index contributed by atoms with van der Waals surface area (Å²) in [5.74, 6) is 0.0506. The number of carbonyl (C=O) groups is 1. The fourth-order valence-electron chi connectivity index (χ4n) is 3.51. The lowest BCUT2D eigenvalue weighted by molar-refractivity contribution is -0.152. The maximum absolute atomic E-state index is 13.5. The van der Waals surface area contributed by atoms with Crippen LogP contribution in [-0.2, 0) is 20.5 Å². The zero-order valence-corrected chi connectivity index (χ0v) is 18.9. The molecule has 0 saturated carbocycles. The van der Waals surface area contributed by atoms with Gasteiger partial charge in [-0.1, -0.05) is 45.0 Å². The number of carbonyl (C=O) groups excluding carboxylic acids is 1. The average molecular weight is 413 g/mol. The summed E-state index contributed by atoms with van der Waals surface area (Å²) in [6.45, 7) is 13.7. The average Bonchev–Trinajstić information content (AvgIpc) is 3.05. The van der Waals surface area contributed by atoms with E-state index in [1.165, 1.54) is 21.5 Å². The van der Waals surface area contributed by atoms with Gasteiger partial charge in [0.25, 0.3) is 5.56 Å². The number of aromatic nitrogens is 2. The van der Waals surface area contributed by atoms with Crippen molar-refractivity contribution in [2.45, 2.75) is 59.4 Å². The molecule has 1 aromatic carbocycles. The van der Waals surface area contributed by atoms with Gasteiger partial charge in [-0.2, -0.15) is 0 Å². The normalized spacial score (nSPS) is 12.4. The van der Waals surface area contributed by atoms with E-state index in [9.17, 15) is 9.59 Å². The second-order valence-corrected chi connectivity index (χ2v) is 9.59. The van der Waals surface area contributed by atoms with Gasteiger partial charge in [-0.3, -0.25) is 9.36 Å². The van der Waals surface area contributed by atoms with Gasteiger partial charge in [0, 0.05) is 10.9 Å². The molecule has 3 aromatic rings. The number of nitrogens with zero attached hydrogens (tertiary/aromatic N) is 2. The van der Waals surface area contributed by atoms with Crippen molar-refractivity contribution in [2.24, 2.45) is 0 Å². The Balaban J connectivity index is 2.20. The fourth-order valence-corrected chi connectivity index (χ4v) is 4.50. The monoisotopic (exact) mass is 412 g/mol. The molecule has 5 nitrogen and oxygen atoms in total. The number of esters is 1. The van der Waals surface area contributed by atoms with E-state index in [1.54, 1.807) is 27.7 Å². The number of benzene rings is 1. The van der Waals surface area contributed by atoms with Gasteiger partial charge < -0.3 is 4.74 Å². The molecule has 0 saturated heterocycles. The molecule has 2 aromatic heterocycles. The Labute approximate surface area is 175 Å². The Morgan fingerprint density at radius 3 is 2.31 bits per heavy atom. The highest BCUT2D eigenvalue weighted by molar-refractivity contribution is 7.17. The smallest absolute Gasteiger partial charge is 0.331 e. The van der Waals surface area contributed by atoms with Crippen LogP contribution in [0.1, 0.15) is 52.9 Å². The second kappa shape index (κ2) is 7.41. The van der Waals surface area contributed by atoms with Gasteiger partial charge in [0.2, 0.25) is 0 Å². The Morgan fingerprint density at radius 2 is 1.76 bits per heavy atom. The van der Waals surface area contributed by atoms with Crippen LogP contribution in [-0.4, -0.2) is 22.1 Å². The van der Waals surface area contributed by atoms with Gasteiger partial charge in [0.15, 0.2) is 0 Å². The molecule has 0 aliphatic heterocycles. The molecule has 0 spiro atoms. The number of fused-ring (bicyclic) bond motifs is 1. The number of hydrogen-bond donors (Lipinski definition) is 0. The van der Waals surface area contributed by atoms with E-state index in [-0.39, 0.29) is 17.6 Å². The largest absolute Gasteiger partial charge is 0.464 e. The standard InChI is InChI=1S/C23H28N2O3S/c1-8-28-21(27)23(6,7)25-14(2)24-19-18(20(25)26)17(13-29-19)15-9-11-16(12-10-15)22(3,4)5/h9-13H,8H2,1-7H3. The molecule has 0 bridgehead atoms. The van der Waals surface area contributed by atoms with E-state index in [1.807, 2.05) is 17.5 Å². The van der Waals surface area contributed by atoms with Crippen molar-refractivity contribution in [3.63, 3.8) is 0 Å². The van der Waals surface area contributed by atoms with E-state index in [2.05, 4.69) is 37.9 Å². The lowest BCUT2D eigenvalue weighted by Crippen LogP contribution is -2.45. The van der Waals surface area contributed by atoms with Crippen molar-refractivity contribution in [3.8, 4) is 11.1 Å². The summed E-state index contributed by atoms with van der Waals surface area (Å²) in [6.07, 6.45) is 0. The van der Waals surface area contributed by atoms with Crippen molar-refractivity contribution < 1.29 is 9.53 Å². The quantitative estimate of drug-likeness (QED) is 0.564. The van der Waals surface area contributed by atoms with Crippen LogP contribution in [0.2, 0.25) is 0 Å². The van der Waals surface area contributed by atoms with E-state index in [4.69, 9.17) is 4.74 Å². The zero-order chi connectivity index (χ0) is 21.6. The number of aryl methyl sites for hydroxylation is 1. The highest BCUT2D eigenvalue weighted by Crippen LogP contribution is 2.33. The van der Waals surface area contributed by atoms with E-state index < -0.39 is 11.5 Å². The minimum atomic E-state index is -1.15. The molecule has 0 unspecified atom stereocenters. The van der Waals surface area contributed by atoms with Crippen molar-refractivity contribution >= 4 is 27.5 Å². The lowest BCUT2D eigenvalue weighted by atomic mass is 9.86. The van der Waals surface area contributed by atoms with Crippen LogP contribution in [0.5, 0.6) is 0 Å². The van der Waals surface area contributed by atoms with Crippen LogP contribution in [0.3, 0.4) is 0 Å². The molecular weight excluding hydrogens is 384 g/mol. The molecule has 0 aliphatic rings. The molecule has 154 valence electrons. The predicted octanol–water partition coefficient (Wildman–Crippen LogP) is 5.03. The van der Waals surface area contributed by atoms with E-state index in [0.717, 1.165) is 11.1 Å². The highest BCUT2D eigenvalue weighted by Gasteiger charge is 2.35. The molecule has 0 atom stereocenters. The van der Waals surface area contributed by atoms with Crippen molar-refractivity contribution in [3.05, 3.63) is 51.4 Å². The van der Waals surface area contributed by atoms with Crippen LogP contribution < -0.4 is 5.56 Å². The van der Waals surface area contributed by atoms with Crippen molar-refractivity contribution in [2.75, 3.05) is 6.61 Å². The topological polar surface area (TPSA) is 61.2 Å². The minimum Gasteiger partial charge on any atom is -0.464 e. The fraction of sp³-hybridized carbons (Fsp3) is 0.435. The Hall–Kier alpha value is -2.47. The summed E-state index contributed by atoms with van der Waals surface area (Å²) in [7, 11) is 0. The molecule has 0 N–H and O–H groups in total. The van der Waals surface area contributed by atoms with Gasteiger partial charge in [-0.25, -0.2) is 9.78 Å². The molecule has 29 heavy (non-hydrogen) atoms. The molecule has 0 fully saturated rings. The van der Waals surface area contributed by atoms with Gasteiger partial charge in [0.1, 0.15) is 16.2 Å². The molecule has 0 aliphatic carbocycles. The second-order valence-electron chi connectivity index (χ2n) is 8.74. The molecular formula is C23H28N2O3S. The summed E-state index contributed by atoms with van der Waals surface area (Å²) < 4.78 is 6.65. The van der Waals surface area contributed by atoms with Gasteiger partial charge in [-0.05, 0) is 44.2 Å². The number of rotatable bonds is 4. The first-order chi connectivity index (χ1) is 13.5. The Bertz CT molecular complexity index is 1120. The summed E-state index contributed by atoms with van der Waals surface area (Å²) in [6, 6.07) is 8.29. The SMILES string of the molecule is CCOC(=O)C(C)(C)n1c(C)nc2scc(-c3ccc(C(C)(C)C)cc3)c2c1=O. The highest BCUT2D eigenvalue weighted by atomic mass is 32.1. The maximum atomic E-state index is 13.5. The van der Waals surface area contributed by atoms with Crippen LogP contribution in [0.25, 0.3) is 21.3 Å². The van der Waals surface area contributed by atoms with Crippen LogP contribution in [0, 0.1) is 6.92 Å². The first-order valence-electron chi connectivity index (χ1n) is 9.78. The molecule has 2 heterocycles. The molecule has 6 heteroatoms. The first-order valence-corrected chi connectivity index (χ1v) is 10.7.